The fraction of sp³-hybridized carbons (Fsp3) is 0.133. The number of aromatic amines is 1. The van der Waals surface area contributed by atoms with Crippen LogP contribution in [0, 0.1) is 0 Å². The largest absolute Gasteiger partial charge is 0.504 e. The number of hydrogen-bond donors (Lipinski definition) is 4. The van der Waals surface area contributed by atoms with Crippen LogP contribution in [0.3, 0.4) is 0 Å². The van der Waals surface area contributed by atoms with Crippen LogP contribution in [-0.2, 0) is 13.1 Å². The zero-order valence-corrected chi connectivity index (χ0v) is 10.8. The average molecular weight is 269 g/mol. The monoisotopic (exact) mass is 269 g/mol. The summed E-state index contributed by atoms with van der Waals surface area (Å²) in [6, 6.07) is 12.8. The summed E-state index contributed by atoms with van der Waals surface area (Å²) in [4.78, 5) is 7.68. The van der Waals surface area contributed by atoms with E-state index in [9.17, 15) is 10.2 Å². The predicted octanol–water partition coefficient (Wildman–Crippen LogP) is 2.26. The Morgan fingerprint density at radius 1 is 1.00 bits per heavy atom. The number of aromatic nitrogens is 2. The van der Waals surface area contributed by atoms with Gasteiger partial charge in [-0.1, -0.05) is 24.3 Å². The Morgan fingerprint density at radius 2 is 1.85 bits per heavy atom. The van der Waals surface area contributed by atoms with Crippen molar-refractivity contribution >= 4 is 11.0 Å². The van der Waals surface area contributed by atoms with E-state index in [1.807, 2.05) is 24.3 Å². The Balaban J connectivity index is 1.66. The lowest BCUT2D eigenvalue weighted by molar-refractivity contribution is 0.397. The van der Waals surface area contributed by atoms with Crippen molar-refractivity contribution in [3.8, 4) is 11.5 Å². The topological polar surface area (TPSA) is 81.2 Å². The highest BCUT2D eigenvalue weighted by molar-refractivity contribution is 5.74. The van der Waals surface area contributed by atoms with Crippen LogP contribution in [0.4, 0.5) is 0 Å². The number of rotatable bonds is 4. The fourth-order valence-corrected chi connectivity index (χ4v) is 2.13. The van der Waals surface area contributed by atoms with Gasteiger partial charge < -0.3 is 20.5 Å². The third-order valence-corrected chi connectivity index (χ3v) is 3.14. The molecular weight excluding hydrogens is 254 g/mol. The average Bonchev–Trinajstić information content (AvgIpc) is 2.86. The summed E-state index contributed by atoms with van der Waals surface area (Å²) in [6.45, 7) is 1.01. The van der Waals surface area contributed by atoms with Crippen molar-refractivity contribution in [3.63, 3.8) is 0 Å². The first kappa shape index (κ1) is 12.5. The fourth-order valence-electron chi connectivity index (χ4n) is 2.13. The number of phenolic OH excluding ortho intramolecular Hbond substituents is 2. The van der Waals surface area contributed by atoms with Gasteiger partial charge in [-0.3, -0.25) is 0 Å². The number of fused-ring (bicyclic) bond motifs is 1. The minimum atomic E-state index is -0.104. The molecule has 2 aromatic carbocycles. The van der Waals surface area contributed by atoms with E-state index in [1.54, 1.807) is 12.1 Å². The minimum absolute atomic E-state index is 0.0791. The van der Waals surface area contributed by atoms with Crippen molar-refractivity contribution in [1.29, 1.82) is 0 Å². The van der Waals surface area contributed by atoms with Gasteiger partial charge in [0.15, 0.2) is 11.5 Å². The molecule has 0 spiro atoms. The maximum Gasteiger partial charge on any atom is 0.161 e. The molecule has 0 aliphatic heterocycles. The number of H-pyrrole nitrogens is 1. The van der Waals surface area contributed by atoms with Gasteiger partial charge in [-0.15, -0.1) is 0 Å². The Hall–Kier alpha value is -2.53. The van der Waals surface area contributed by atoms with Gasteiger partial charge in [-0.2, -0.15) is 0 Å². The highest BCUT2D eigenvalue weighted by Gasteiger charge is 2.06. The Labute approximate surface area is 115 Å². The molecule has 0 aliphatic rings. The molecule has 0 radical (unpaired) electrons. The number of imidazole rings is 1. The first-order chi connectivity index (χ1) is 9.74. The number of benzene rings is 2. The molecule has 5 nitrogen and oxygen atoms in total. The summed E-state index contributed by atoms with van der Waals surface area (Å²) >= 11 is 0. The molecule has 0 amide bonds. The van der Waals surface area contributed by atoms with Gasteiger partial charge in [0, 0.05) is 12.1 Å². The summed E-state index contributed by atoms with van der Waals surface area (Å²) in [7, 11) is 0. The van der Waals surface area contributed by atoms with E-state index >= 15 is 0 Å². The number of para-hydroxylation sites is 3. The minimum Gasteiger partial charge on any atom is -0.504 e. The zero-order valence-electron chi connectivity index (χ0n) is 10.8. The molecule has 20 heavy (non-hydrogen) atoms. The van der Waals surface area contributed by atoms with E-state index in [2.05, 4.69) is 15.3 Å². The van der Waals surface area contributed by atoms with Crippen molar-refractivity contribution in [1.82, 2.24) is 15.3 Å². The second-order valence-corrected chi connectivity index (χ2v) is 4.59. The van der Waals surface area contributed by atoms with Crippen LogP contribution in [0.2, 0.25) is 0 Å². The van der Waals surface area contributed by atoms with Gasteiger partial charge in [0.25, 0.3) is 0 Å². The highest BCUT2D eigenvalue weighted by atomic mass is 16.3. The van der Waals surface area contributed by atoms with Crippen molar-refractivity contribution in [3.05, 3.63) is 53.9 Å². The molecule has 1 heterocycles. The third kappa shape index (κ3) is 2.44. The van der Waals surface area contributed by atoms with Crippen molar-refractivity contribution < 1.29 is 10.2 Å². The molecule has 0 fully saturated rings. The standard InChI is InChI=1S/C15H15N3O2/c19-13-7-3-4-10(15(13)20)8-16-9-14-17-11-5-1-2-6-12(11)18-14/h1-7,16,19-20H,8-9H2,(H,17,18). The predicted molar refractivity (Wildman–Crippen MR) is 76.4 cm³/mol. The Kier molecular flexibility index (Phi) is 3.26. The maximum atomic E-state index is 9.70. The molecule has 102 valence electrons. The van der Waals surface area contributed by atoms with Gasteiger partial charge in [-0.05, 0) is 18.2 Å². The summed E-state index contributed by atoms with van der Waals surface area (Å²) < 4.78 is 0. The van der Waals surface area contributed by atoms with Crippen LogP contribution < -0.4 is 5.32 Å². The molecule has 0 unspecified atom stereocenters. The molecule has 0 atom stereocenters. The van der Waals surface area contributed by atoms with E-state index in [1.165, 1.54) is 6.07 Å². The van der Waals surface area contributed by atoms with Crippen LogP contribution in [0.1, 0.15) is 11.4 Å². The number of aromatic hydroxyl groups is 2. The molecule has 0 saturated heterocycles. The number of nitrogens with zero attached hydrogens (tertiary/aromatic N) is 1. The molecule has 1 aromatic heterocycles. The Bertz CT molecular complexity index is 704. The van der Waals surface area contributed by atoms with Gasteiger partial charge in [0.05, 0.1) is 17.6 Å². The first-order valence-electron chi connectivity index (χ1n) is 6.38. The van der Waals surface area contributed by atoms with E-state index in [0.717, 1.165) is 16.9 Å². The van der Waals surface area contributed by atoms with E-state index in [0.29, 0.717) is 18.7 Å². The van der Waals surface area contributed by atoms with Crippen LogP contribution in [0.5, 0.6) is 11.5 Å². The second-order valence-electron chi connectivity index (χ2n) is 4.59. The lowest BCUT2D eigenvalue weighted by Gasteiger charge is -2.06. The summed E-state index contributed by atoms with van der Waals surface area (Å²) in [5.74, 6) is 0.656. The molecule has 3 aromatic rings. The molecule has 0 aliphatic carbocycles. The number of phenols is 2. The SMILES string of the molecule is Oc1cccc(CNCc2nc3ccccc3[nH]2)c1O. The maximum absolute atomic E-state index is 9.70. The van der Waals surface area contributed by atoms with Gasteiger partial charge >= 0.3 is 0 Å². The normalized spacial score (nSPS) is 11.0. The highest BCUT2D eigenvalue weighted by Crippen LogP contribution is 2.27. The van der Waals surface area contributed by atoms with Crippen molar-refractivity contribution in [2.24, 2.45) is 0 Å². The first-order valence-corrected chi connectivity index (χ1v) is 6.38. The van der Waals surface area contributed by atoms with Crippen molar-refractivity contribution in [2.45, 2.75) is 13.1 Å². The van der Waals surface area contributed by atoms with Crippen LogP contribution in [-0.4, -0.2) is 20.2 Å². The second kappa shape index (κ2) is 5.22. The lowest BCUT2D eigenvalue weighted by atomic mass is 10.2. The van der Waals surface area contributed by atoms with E-state index < -0.39 is 0 Å². The summed E-state index contributed by atoms with van der Waals surface area (Å²) in [6.07, 6.45) is 0. The molecule has 0 bridgehead atoms. The lowest BCUT2D eigenvalue weighted by Crippen LogP contribution is -2.13. The number of hydrogen-bond acceptors (Lipinski definition) is 4. The summed E-state index contributed by atoms with van der Waals surface area (Å²) in [5.41, 5.74) is 2.59. The molecule has 5 heteroatoms. The molecule has 0 saturated carbocycles. The van der Waals surface area contributed by atoms with Gasteiger partial charge in [0.1, 0.15) is 5.82 Å². The van der Waals surface area contributed by atoms with Gasteiger partial charge in [-0.25, -0.2) is 4.98 Å². The van der Waals surface area contributed by atoms with Gasteiger partial charge in [0.2, 0.25) is 0 Å². The van der Waals surface area contributed by atoms with Crippen LogP contribution in [0.25, 0.3) is 11.0 Å². The smallest absolute Gasteiger partial charge is 0.161 e. The third-order valence-electron chi connectivity index (χ3n) is 3.14. The quantitative estimate of drug-likeness (QED) is 0.548. The van der Waals surface area contributed by atoms with E-state index in [4.69, 9.17) is 0 Å². The molecular formula is C15H15N3O2. The molecule has 3 rings (SSSR count). The van der Waals surface area contributed by atoms with E-state index in [-0.39, 0.29) is 11.5 Å². The zero-order chi connectivity index (χ0) is 13.9. The number of nitrogens with one attached hydrogen (secondary N) is 2. The summed E-state index contributed by atoms with van der Waals surface area (Å²) in [5, 5.41) is 22.3. The van der Waals surface area contributed by atoms with Crippen LogP contribution in [0.15, 0.2) is 42.5 Å². The Morgan fingerprint density at radius 3 is 2.70 bits per heavy atom. The van der Waals surface area contributed by atoms with Crippen molar-refractivity contribution in [2.75, 3.05) is 0 Å². The molecule has 4 N–H and O–H groups in total. The van der Waals surface area contributed by atoms with Crippen LogP contribution >= 0.6 is 0 Å².